The second-order valence-electron chi connectivity index (χ2n) is 4.45. The maximum atomic E-state index is 11.6. The van der Waals surface area contributed by atoms with Crippen molar-refractivity contribution in [1.29, 1.82) is 0 Å². The van der Waals surface area contributed by atoms with Crippen LogP contribution in [0.1, 0.15) is 32.1 Å². The maximum absolute atomic E-state index is 11.6. The highest BCUT2D eigenvalue weighted by molar-refractivity contribution is 5.79. The van der Waals surface area contributed by atoms with Crippen molar-refractivity contribution in [3.63, 3.8) is 0 Å². The van der Waals surface area contributed by atoms with E-state index in [2.05, 4.69) is 10.6 Å². The van der Waals surface area contributed by atoms with E-state index < -0.39 is 0 Å². The Morgan fingerprint density at radius 3 is 3.00 bits per heavy atom. The lowest BCUT2D eigenvalue weighted by Gasteiger charge is -2.23. The normalized spacial score (nSPS) is 29.9. The van der Waals surface area contributed by atoms with Crippen molar-refractivity contribution in [2.75, 3.05) is 13.2 Å². The minimum atomic E-state index is 0.0352. The maximum Gasteiger partial charge on any atom is 0.222 e. The Hall–Kier alpha value is -1.10. The van der Waals surface area contributed by atoms with E-state index in [4.69, 9.17) is 4.74 Å². The lowest BCUT2D eigenvalue weighted by atomic mass is 10.1. The fourth-order valence-corrected chi connectivity index (χ4v) is 2.15. The van der Waals surface area contributed by atoms with Gasteiger partial charge < -0.3 is 15.4 Å². The molecule has 0 radical (unpaired) electrons. The van der Waals surface area contributed by atoms with Crippen LogP contribution in [0.4, 0.5) is 0 Å². The average molecular weight is 226 g/mol. The highest BCUT2D eigenvalue weighted by atomic mass is 16.5. The van der Waals surface area contributed by atoms with Crippen molar-refractivity contribution >= 4 is 11.8 Å². The summed E-state index contributed by atoms with van der Waals surface area (Å²) in [7, 11) is 0. The van der Waals surface area contributed by atoms with E-state index in [9.17, 15) is 9.59 Å². The smallest absolute Gasteiger partial charge is 0.222 e. The molecule has 2 rings (SSSR count). The zero-order chi connectivity index (χ0) is 11.4. The van der Waals surface area contributed by atoms with Crippen molar-refractivity contribution in [2.24, 2.45) is 0 Å². The largest absolute Gasteiger partial charge is 0.378 e. The Morgan fingerprint density at radius 1 is 1.50 bits per heavy atom. The molecule has 2 atom stereocenters. The van der Waals surface area contributed by atoms with Gasteiger partial charge in [0.25, 0.3) is 0 Å². The van der Waals surface area contributed by atoms with E-state index in [0.717, 1.165) is 25.9 Å². The number of hydrogen-bond donors (Lipinski definition) is 2. The molecule has 0 aliphatic carbocycles. The fraction of sp³-hybridized carbons (Fsp3) is 0.818. The molecule has 2 aliphatic heterocycles. The van der Waals surface area contributed by atoms with Gasteiger partial charge in [-0.2, -0.15) is 0 Å². The topological polar surface area (TPSA) is 67.4 Å². The predicted octanol–water partition coefficient (Wildman–Crippen LogP) is -0.0497. The number of nitrogens with one attached hydrogen (secondary N) is 2. The van der Waals surface area contributed by atoms with Gasteiger partial charge in [0.2, 0.25) is 11.8 Å². The SMILES string of the molecule is O=C1CCC(NC(=O)CC2CCCO2)CN1. The molecule has 90 valence electrons. The van der Waals surface area contributed by atoms with Crippen LogP contribution >= 0.6 is 0 Å². The first-order chi connectivity index (χ1) is 7.74. The van der Waals surface area contributed by atoms with Gasteiger partial charge in [0.1, 0.15) is 0 Å². The molecular formula is C11H18N2O3. The van der Waals surface area contributed by atoms with E-state index in [1.54, 1.807) is 0 Å². The minimum absolute atomic E-state index is 0.0352. The summed E-state index contributed by atoms with van der Waals surface area (Å²) < 4.78 is 5.40. The van der Waals surface area contributed by atoms with Gasteiger partial charge in [0.05, 0.1) is 12.5 Å². The van der Waals surface area contributed by atoms with Crippen LogP contribution in [0.2, 0.25) is 0 Å². The molecule has 2 unspecified atom stereocenters. The molecule has 2 amide bonds. The van der Waals surface area contributed by atoms with Crippen molar-refractivity contribution in [1.82, 2.24) is 10.6 Å². The van der Waals surface area contributed by atoms with Gasteiger partial charge in [0.15, 0.2) is 0 Å². The van der Waals surface area contributed by atoms with Crippen molar-refractivity contribution in [3.8, 4) is 0 Å². The molecule has 2 saturated heterocycles. The number of ether oxygens (including phenoxy) is 1. The fourth-order valence-electron chi connectivity index (χ4n) is 2.15. The van der Waals surface area contributed by atoms with Gasteiger partial charge in [-0.15, -0.1) is 0 Å². The molecule has 16 heavy (non-hydrogen) atoms. The van der Waals surface area contributed by atoms with Crippen LogP contribution in [0.15, 0.2) is 0 Å². The van der Waals surface area contributed by atoms with E-state index in [0.29, 0.717) is 19.4 Å². The van der Waals surface area contributed by atoms with Crippen LogP contribution in [0, 0.1) is 0 Å². The summed E-state index contributed by atoms with van der Waals surface area (Å²) in [4.78, 5) is 22.6. The zero-order valence-electron chi connectivity index (χ0n) is 9.33. The predicted molar refractivity (Wildman–Crippen MR) is 57.8 cm³/mol. The summed E-state index contributed by atoms with van der Waals surface area (Å²) in [6, 6.07) is 0.0894. The van der Waals surface area contributed by atoms with Crippen LogP contribution < -0.4 is 10.6 Å². The number of hydrogen-bond acceptors (Lipinski definition) is 3. The quantitative estimate of drug-likeness (QED) is 0.709. The van der Waals surface area contributed by atoms with Crippen LogP contribution in [0.25, 0.3) is 0 Å². The van der Waals surface area contributed by atoms with Gasteiger partial charge in [-0.25, -0.2) is 0 Å². The Kier molecular flexibility index (Phi) is 3.77. The van der Waals surface area contributed by atoms with Gasteiger partial charge in [-0.1, -0.05) is 0 Å². The van der Waals surface area contributed by atoms with E-state index in [1.807, 2.05) is 0 Å². The first-order valence-electron chi connectivity index (χ1n) is 5.91. The number of amides is 2. The summed E-state index contributed by atoms with van der Waals surface area (Å²) in [6.07, 6.45) is 3.82. The van der Waals surface area contributed by atoms with E-state index >= 15 is 0 Å². The molecule has 0 aromatic carbocycles. The molecule has 0 saturated carbocycles. The van der Waals surface area contributed by atoms with Crippen molar-refractivity contribution < 1.29 is 14.3 Å². The average Bonchev–Trinajstić information content (AvgIpc) is 2.74. The highest BCUT2D eigenvalue weighted by Crippen LogP contribution is 2.15. The standard InChI is InChI=1S/C11H18N2O3/c14-10-4-3-8(7-12-10)13-11(15)6-9-2-1-5-16-9/h8-9H,1-7H2,(H,12,14)(H,13,15). The van der Waals surface area contributed by atoms with E-state index in [1.165, 1.54) is 0 Å². The number of piperidine rings is 1. The molecule has 2 aliphatic rings. The monoisotopic (exact) mass is 226 g/mol. The van der Waals surface area contributed by atoms with Crippen molar-refractivity contribution in [3.05, 3.63) is 0 Å². The Labute approximate surface area is 94.9 Å². The summed E-state index contributed by atoms with van der Waals surface area (Å²) in [5, 5.41) is 5.68. The molecule has 0 spiro atoms. The zero-order valence-corrected chi connectivity index (χ0v) is 9.33. The summed E-state index contributed by atoms with van der Waals surface area (Å²) in [5.41, 5.74) is 0. The molecule has 2 N–H and O–H groups in total. The van der Waals surface area contributed by atoms with Gasteiger partial charge in [-0.05, 0) is 19.3 Å². The van der Waals surface area contributed by atoms with Crippen LogP contribution in [-0.2, 0) is 14.3 Å². The van der Waals surface area contributed by atoms with Gasteiger partial charge >= 0.3 is 0 Å². The van der Waals surface area contributed by atoms with Crippen LogP contribution in [0.3, 0.4) is 0 Å². The second kappa shape index (κ2) is 5.30. The number of carbonyl (C=O) groups is 2. The third kappa shape index (κ3) is 3.20. The molecular weight excluding hydrogens is 208 g/mol. The van der Waals surface area contributed by atoms with Crippen LogP contribution in [0.5, 0.6) is 0 Å². The Bertz CT molecular complexity index is 264. The van der Waals surface area contributed by atoms with Gasteiger partial charge in [0, 0.05) is 25.6 Å². The number of rotatable bonds is 3. The summed E-state index contributed by atoms with van der Waals surface area (Å²) in [6.45, 7) is 1.33. The summed E-state index contributed by atoms with van der Waals surface area (Å²) >= 11 is 0. The molecule has 2 heterocycles. The highest BCUT2D eigenvalue weighted by Gasteiger charge is 2.23. The lowest BCUT2D eigenvalue weighted by molar-refractivity contribution is -0.126. The Morgan fingerprint density at radius 2 is 2.38 bits per heavy atom. The third-order valence-corrected chi connectivity index (χ3v) is 3.07. The molecule has 5 nitrogen and oxygen atoms in total. The number of carbonyl (C=O) groups excluding carboxylic acids is 2. The first kappa shape index (κ1) is 11.4. The molecule has 0 bridgehead atoms. The molecule has 5 heteroatoms. The van der Waals surface area contributed by atoms with Gasteiger partial charge in [-0.3, -0.25) is 9.59 Å². The molecule has 0 aromatic rings. The first-order valence-corrected chi connectivity index (χ1v) is 5.91. The molecule has 2 fully saturated rings. The van der Waals surface area contributed by atoms with E-state index in [-0.39, 0.29) is 24.0 Å². The third-order valence-electron chi connectivity index (χ3n) is 3.07. The molecule has 0 aromatic heterocycles. The second-order valence-corrected chi connectivity index (χ2v) is 4.45. The minimum Gasteiger partial charge on any atom is -0.378 e. The van der Waals surface area contributed by atoms with Crippen LogP contribution in [-0.4, -0.2) is 37.1 Å². The summed E-state index contributed by atoms with van der Waals surface area (Å²) in [5.74, 6) is 0.109. The lowest BCUT2D eigenvalue weighted by Crippen LogP contribution is -2.48. The Balaban J connectivity index is 1.68. The van der Waals surface area contributed by atoms with Crippen molar-refractivity contribution in [2.45, 2.75) is 44.2 Å².